The van der Waals surface area contributed by atoms with Crippen molar-refractivity contribution in [1.82, 2.24) is 0 Å². The van der Waals surface area contributed by atoms with E-state index in [0.717, 1.165) is 6.07 Å². The third-order valence-corrected chi connectivity index (χ3v) is 3.57. The number of aliphatic hydroxyl groups is 1. The van der Waals surface area contributed by atoms with E-state index in [2.05, 4.69) is 21.2 Å². The Morgan fingerprint density at radius 2 is 1.85 bits per heavy atom. The predicted molar refractivity (Wildman–Crippen MR) is 77.7 cm³/mol. The van der Waals surface area contributed by atoms with Gasteiger partial charge in [0.1, 0.15) is 0 Å². The van der Waals surface area contributed by atoms with Crippen LogP contribution in [-0.2, 0) is 6.18 Å². The van der Waals surface area contributed by atoms with Gasteiger partial charge in [0.05, 0.1) is 5.56 Å². The molecule has 0 saturated carbocycles. The van der Waals surface area contributed by atoms with Crippen LogP contribution in [0.2, 0.25) is 0 Å². The van der Waals surface area contributed by atoms with E-state index in [0.29, 0.717) is 10.9 Å². The molecule has 1 atom stereocenters. The number of halogens is 4. The molecule has 0 saturated heterocycles. The Bertz CT molecular complexity index is 455. The van der Waals surface area contributed by atoms with E-state index >= 15 is 0 Å². The second kappa shape index (κ2) is 6.35. The van der Waals surface area contributed by atoms with Gasteiger partial charge in [-0.2, -0.15) is 13.2 Å². The molecule has 6 heteroatoms. The summed E-state index contributed by atoms with van der Waals surface area (Å²) in [5.41, 5.74) is -0.938. The first-order valence-electron chi connectivity index (χ1n) is 6.30. The second-order valence-electron chi connectivity index (χ2n) is 5.76. The van der Waals surface area contributed by atoms with Crippen molar-refractivity contribution in [2.45, 2.75) is 39.4 Å². The summed E-state index contributed by atoms with van der Waals surface area (Å²) in [6.07, 6.45) is -4.04. The van der Waals surface area contributed by atoms with Crippen LogP contribution >= 0.6 is 15.9 Å². The van der Waals surface area contributed by atoms with E-state index in [4.69, 9.17) is 5.11 Å². The summed E-state index contributed by atoms with van der Waals surface area (Å²) in [6.45, 7) is 5.69. The third kappa shape index (κ3) is 4.66. The number of aliphatic hydroxyl groups excluding tert-OH is 1. The van der Waals surface area contributed by atoms with E-state index in [9.17, 15) is 13.2 Å². The third-order valence-electron chi connectivity index (χ3n) is 3.08. The van der Waals surface area contributed by atoms with Gasteiger partial charge in [-0.1, -0.05) is 36.7 Å². The highest BCUT2D eigenvalue weighted by molar-refractivity contribution is 9.10. The van der Waals surface area contributed by atoms with Crippen molar-refractivity contribution < 1.29 is 18.3 Å². The minimum Gasteiger partial charge on any atom is -0.396 e. The molecule has 1 aromatic rings. The maximum absolute atomic E-state index is 13.1. The van der Waals surface area contributed by atoms with Crippen LogP contribution in [0, 0.1) is 5.41 Å². The van der Waals surface area contributed by atoms with Crippen molar-refractivity contribution in [1.29, 1.82) is 0 Å². The molecule has 0 fully saturated rings. The van der Waals surface area contributed by atoms with Crippen molar-refractivity contribution in [2.24, 2.45) is 5.41 Å². The zero-order valence-corrected chi connectivity index (χ0v) is 13.3. The highest BCUT2D eigenvalue weighted by Crippen LogP contribution is 2.38. The largest absolute Gasteiger partial charge is 0.418 e. The molecule has 1 rings (SSSR count). The second-order valence-corrected chi connectivity index (χ2v) is 6.68. The summed E-state index contributed by atoms with van der Waals surface area (Å²) < 4.78 is 39.5. The van der Waals surface area contributed by atoms with Gasteiger partial charge in [0.25, 0.3) is 0 Å². The lowest BCUT2D eigenvalue weighted by atomic mass is 9.84. The molecule has 0 bridgehead atoms. The normalized spacial score (nSPS) is 14.2. The van der Waals surface area contributed by atoms with Gasteiger partial charge in [-0.15, -0.1) is 0 Å². The van der Waals surface area contributed by atoms with Crippen LogP contribution in [0.25, 0.3) is 0 Å². The zero-order chi connectivity index (χ0) is 15.6. The lowest BCUT2D eigenvalue weighted by Gasteiger charge is -2.33. The fourth-order valence-corrected chi connectivity index (χ4v) is 2.28. The van der Waals surface area contributed by atoms with Crippen LogP contribution in [0.5, 0.6) is 0 Å². The highest BCUT2D eigenvalue weighted by Gasteiger charge is 2.35. The molecule has 0 aliphatic rings. The Morgan fingerprint density at radius 1 is 1.25 bits per heavy atom. The molecule has 0 heterocycles. The smallest absolute Gasteiger partial charge is 0.396 e. The summed E-state index contributed by atoms with van der Waals surface area (Å²) >= 11 is 3.06. The number of alkyl halides is 3. The molecule has 2 N–H and O–H groups in total. The molecule has 0 aliphatic carbocycles. The fraction of sp³-hybridized carbons (Fsp3) is 0.571. The van der Waals surface area contributed by atoms with Gasteiger partial charge < -0.3 is 10.4 Å². The Hall–Kier alpha value is -0.750. The number of anilines is 1. The van der Waals surface area contributed by atoms with Crippen molar-refractivity contribution in [3.05, 3.63) is 28.2 Å². The maximum Gasteiger partial charge on any atom is 0.418 e. The van der Waals surface area contributed by atoms with Gasteiger partial charge in [-0.05, 0) is 30.0 Å². The molecule has 1 aromatic carbocycles. The van der Waals surface area contributed by atoms with E-state index in [1.54, 1.807) is 6.07 Å². The van der Waals surface area contributed by atoms with Gasteiger partial charge in [0, 0.05) is 22.8 Å². The standard InChI is InChI=1S/C14H19BrF3NO/c1-13(2,3)12(6-7-20)19-11-5-4-9(15)8-10(11)14(16,17)18/h4-5,8,12,19-20H,6-7H2,1-3H3. The van der Waals surface area contributed by atoms with E-state index < -0.39 is 11.7 Å². The zero-order valence-electron chi connectivity index (χ0n) is 11.7. The first kappa shape index (κ1) is 17.3. The Kier molecular flexibility index (Phi) is 5.49. The van der Waals surface area contributed by atoms with Crippen LogP contribution in [0.15, 0.2) is 22.7 Å². The number of benzene rings is 1. The number of nitrogens with one attached hydrogen (secondary N) is 1. The van der Waals surface area contributed by atoms with E-state index in [1.807, 2.05) is 20.8 Å². The van der Waals surface area contributed by atoms with Gasteiger partial charge in [-0.25, -0.2) is 0 Å². The van der Waals surface area contributed by atoms with Crippen LogP contribution in [0.1, 0.15) is 32.8 Å². The van der Waals surface area contributed by atoms with Crippen molar-refractivity contribution in [2.75, 3.05) is 11.9 Å². The number of hydrogen-bond acceptors (Lipinski definition) is 2. The van der Waals surface area contributed by atoms with E-state index in [1.165, 1.54) is 6.07 Å². The molecule has 0 amide bonds. The highest BCUT2D eigenvalue weighted by atomic mass is 79.9. The molecule has 0 radical (unpaired) electrons. The molecule has 1 unspecified atom stereocenters. The average molecular weight is 354 g/mol. The Morgan fingerprint density at radius 3 is 2.30 bits per heavy atom. The molecule has 2 nitrogen and oxygen atoms in total. The summed E-state index contributed by atoms with van der Waals surface area (Å²) in [7, 11) is 0. The summed E-state index contributed by atoms with van der Waals surface area (Å²) in [4.78, 5) is 0. The first-order valence-corrected chi connectivity index (χ1v) is 7.09. The van der Waals surface area contributed by atoms with Crippen LogP contribution in [0.3, 0.4) is 0 Å². The van der Waals surface area contributed by atoms with Crippen molar-refractivity contribution >= 4 is 21.6 Å². The van der Waals surface area contributed by atoms with Gasteiger partial charge >= 0.3 is 6.18 Å². The minimum atomic E-state index is -4.42. The quantitative estimate of drug-likeness (QED) is 0.823. The number of rotatable bonds is 4. The summed E-state index contributed by atoms with van der Waals surface area (Å²) in [6, 6.07) is 3.77. The molecular formula is C14H19BrF3NO. The van der Waals surface area contributed by atoms with Gasteiger partial charge in [0.2, 0.25) is 0 Å². The van der Waals surface area contributed by atoms with Crippen molar-refractivity contribution in [3.8, 4) is 0 Å². The fourth-order valence-electron chi connectivity index (χ4n) is 1.92. The number of hydrogen-bond donors (Lipinski definition) is 2. The summed E-state index contributed by atoms with van der Waals surface area (Å²) in [5.74, 6) is 0. The molecule has 20 heavy (non-hydrogen) atoms. The van der Waals surface area contributed by atoms with Crippen LogP contribution in [0.4, 0.5) is 18.9 Å². The minimum absolute atomic E-state index is 0.0362. The van der Waals surface area contributed by atoms with Gasteiger partial charge in [-0.3, -0.25) is 0 Å². The molecular weight excluding hydrogens is 335 g/mol. The van der Waals surface area contributed by atoms with Crippen LogP contribution < -0.4 is 5.32 Å². The molecule has 0 aromatic heterocycles. The SMILES string of the molecule is CC(C)(C)C(CCO)Nc1ccc(Br)cc1C(F)(F)F. The molecule has 114 valence electrons. The molecule has 0 aliphatic heterocycles. The Balaban J connectivity index is 3.13. The Labute approximate surface area is 125 Å². The predicted octanol–water partition coefficient (Wildman–Crippen LogP) is 4.68. The van der Waals surface area contributed by atoms with Crippen LogP contribution in [-0.4, -0.2) is 17.8 Å². The van der Waals surface area contributed by atoms with Crippen molar-refractivity contribution in [3.63, 3.8) is 0 Å². The maximum atomic E-state index is 13.1. The lowest BCUT2D eigenvalue weighted by molar-refractivity contribution is -0.137. The topological polar surface area (TPSA) is 32.3 Å². The van der Waals surface area contributed by atoms with E-state index in [-0.39, 0.29) is 23.8 Å². The summed E-state index contributed by atoms with van der Waals surface area (Å²) in [5, 5.41) is 12.0. The first-order chi connectivity index (χ1) is 9.05. The molecule has 0 spiro atoms. The monoisotopic (exact) mass is 353 g/mol. The van der Waals surface area contributed by atoms with Gasteiger partial charge in [0.15, 0.2) is 0 Å². The lowest BCUT2D eigenvalue weighted by Crippen LogP contribution is -2.35. The average Bonchev–Trinajstić information content (AvgIpc) is 2.28.